The summed E-state index contributed by atoms with van der Waals surface area (Å²) in [4.78, 5) is 13.8. The van der Waals surface area contributed by atoms with Crippen LogP contribution in [-0.4, -0.2) is 38.8 Å². The molecule has 1 fully saturated rings. The number of carbonyl (C=O) groups excluding carboxylic acids is 1. The highest BCUT2D eigenvalue weighted by atomic mass is 35.5. The van der Waals surface area contributed by atoms with E-state index in [9.17, 15) is 4.79 Å². The Kier molecular flexibility index (Phi) is 3.93. The molecule has 6 heteroatoms. The Balaban J connectivity index is 2.30. The van der Waals surface area contributed by atoms with Crippen molar-refractivity contribution in [3.8, 4) is 0 Å². The van der Waals surface area contributed by atoms with Gasteiger partial charge in [-0.15, -0.1) is 0 Å². The van der Waals surface area contributed by atoms with E-state index in [2.05, 4.69) is 5.32 Å². The summed E-state index contributed by atoms with van der Waals surface area (Å²) in [7, 11) is 1.61. The van der Waals surface area contributed by atoms with Crippen LogP contribution in [0.3, 0.4) is 0 Å². The number of hydrogen-bond acceptors (Lipinski definition) is 4. The van der Waals surface area contributed by atoms with Crippen molar-refractivity contribution in [3.05, 3.63) is 23.2 Å². The fraction of sp³-hybridized carbons (Fsp3) is 0.417. The highest BCUT2D eigenvalue weighted by molar-refractivity contribution is 6.31. The van der Waals surface area contributed by atoms with Gasteiger partial charge in [0.2, 0.25) is 5.91 Å². The molecule has 1 saturated heterocycles. The summed E-state index contributed by atoms with van der Waals surface area (Å²) in [6.07, 6.45) is 0. The summed E-state index contributed by atoms with van der Waals surface area (Å²) >= 11 is 5.88. The molecule has 1 heterocycles. The van der Waals surface area contributed by atoms with Crippen LogP contribution in [0.2, 0.25) is 5.02 Å². The fourth-order valence-corrected chi connectivity index (χ4v) is 2.24. The first-order valence-corrected chi connectivity index (χ1v) is 6.12. The molecule has 18 heavy (non-hydrogen) atoms. The van der Waals surface area contributed by atoms with Gasteiger partial charge in [0.15, 0.2) is 0 Å². The quantitative estimate of drug-likeness (QED) is 0.782. The van der Waals surface area contributed by atoms with Crippen LogP contribution in [0.4, 0.5) is 11.4 Å². The van der Waals surface area contributed by atoms with Crippen molar-refractivity contribution in [1.82, 2.24) is 5.32 Å². The Morgan fingerprint density at radius 1 is 1.61 bits per heavy atom. The van der Waals surface area contributed by atoms with Gasteiger partial charge in [-0.25, -0.2) is 0 Å². The van der Waals surface area contributed by atoms with Gasteiger partial charge in [0, 0.05) is 18.6 Å². The van der Waals surface area contributed by atoms with Crippen LogP contribution in [0.5, 0.6) is 0 Å². The number of rotatable bonds is 2. The Hall–Kier alpha value is -1.46. The van der Waals surface area contributed by atoms with Crippen LogP contribution in [0.25, 0.3) is 0 Å². The highest BCUT2D eigenvalue weighted by Crippen LogP contribution is 2.29. The highest BCUT2D eigenvalue weighted by Gasteiger charge is 2.29. The third-order valence-corrected chi connectivity index (χ3v) is 3.21. The molecule has 0 aromatic heterocycles. The van der Waals surface area contributed by atoms with Crippen molar-refractivity contribution >= 4 is 28.9 Å². The van der Waals surface area contributed by atoms with Crippen LogP contribution in [0.15, 0.2) is 18.2 Å². The van der Waals surface area contributed by atoms with E-state index >= 15 is 0 Å². The molecule has 1 unspecified atom stereocenters. The number of ether oxygens (including phenoxy) is 1. The zero-order valence-electron chi connectivity index (χ0n) is 10.1. The number of anilines is 2. The summed E-state index contributed by atoms with van der Waals surface area (Å²) < 4.78 is 5.35. The lowest BCUT2D eigenvalue weighted by atomic mass is 10.1. The molecule has 1 atom stereocenters. The summed E-state index contributed by atoms with van der Waals surface area (Å²) in [6, 6.07) is 4.93. The van der Waals surface area contributed by atoms with Crippen molar-refractivity contribution in [1.29, 1.82) is 0 Å². The van der Waals surface area contributed by atoms with Crippen molar-refractivity contribution in [2.75, 3.05) is 37.4 Å². The molecule has 0 spiro atoms. The van der Waals surface area contributed by atoms with E-state index in [1.807, 2.05) is 11.0 Å². The van der Waals surface area contributed by atoms with Crippen molar-refractivity contribution in [2.45, 2.75) is 6.04 Å². The largest absolute Gasteiger partial charge is 0.397 e. The van der Waals surface area contributed by atoms with E-state index in [0.29, 0.717) is 30.5 Å². The Morgan fingerprint density at radius 2 is 2.39 bits per heavy atom. The van der Waals surface area contributed by atoms with Gasteiger partial charge in [0.25, 0.3) is 0 Å². The molecule has 1 aliphatic rings. The molecule has 98 valence electrons. The van der Waals surface area contributed by atoms with Crippen LogP contribution in [-0.2, 0) is 9.53 Å². The first-order valence-electron chi connectivity index (χ1n) is 5.74. The van der Waals surface area contributed by atoms with Crippen LogP contribution in [0.1, 0.15) is 0 Å². The number of nitrogens with zero attached hydrogens (tertiary/aromatic N) is 1. The lowest BCUT2D eigenvalue weighted by Crippen LogP contribution is -2.53. The molecule has 0 aliphatic carbocycles. The molecule has 1 amide bonds. The molecule has 5 nitrogen and oxygen atoms in total. The maximum Gasteiger partial charge on any atom is 0.244 e. The third kappa shape index (κ3) is 2.52. The maximum absolute atomic E-state index is 11.8. The van der Waals surface area contributed by atoms with E-state index in [1.54, 1.807) is 19.2 Å². The number of benzene rings is 1. The molecule has 0 bridgehead atoms. The molecular formula is C12H16ClN3O2. The van der Waals surface area contributed by atoms with E-state index in [-0.39, 0.29) is 11.9 Å². The molecule has 1 aromatic carbocycles. The molecule has 1 aliphatic heterocycles. The summed E-state index contributed by atoms with van der Waals surface area (Å²) in [5.41, 5.74) is 7.34. The number of nitrogens with two attached hydrogens (primary N) is 1. The van der Waals surface area contributed by atoms with E-state index in [1.165, 1.54) is 0 Å². The van der Waals surface area contributed by atoms with E-state index < -0.39 is 0 Å². The number of hydrogen-bond donors (Lipinski definition) is 2. The maximum atomic E-state index is 11.8. The summed E-state index contributed by atoms with van der Waals surface area (Å²) in [6.45, 7) is 1.57. The van der Waals surface area contributed by atoms with Crippen molar-refractivity contribution in [3.63, 3.8) is 0 Å². The number of amides is 1. The second-order valence-electron chi connectivity index (χ2n) is 4.10. The standard InChI is InChI=1S/C12H16ClN3O2/c1-15-12(17)11-7-18-5-4-16(11)10-3-2-8(13)6-9(10)14/h2-3,6,11H,4-5,7,14H2,1H3,(H,15,17). The molecule has 2 rings (SSSR count). The van der Waals surface area contributed by atoms with Crippen LogP contribution < -0.4 is 16.0 Å². The fourth-order valence-electron chi connectivity index (χ4n) is 2.06. The number of halogens is 1. The van der Waals surface area contributed by atoms with Gasteiger partial charge in [-0.05, 0) is 18.2 Å². The molecule has 0 saturated carbocycles. The molecule has 0 radical (unpaired) electrons. The van der Waals surface area contributed by atoms with Gasteiger partial charge >= 0.3 is 0 Å². The third-order valence-electron chi connectivity index (χ3n) is 2.98. The van der Waals surface area contributed by atoms with Crippen LogP contribution >= 0.6 is 11.6 Å². The predicted molar refractivity (Wildman–Crippen MR) is 71.9 cm³/mol. The van der Waals surface area contributed by atoms with Gasteiger partial charge in [-0.3, -0.25) is 4.79 Å². The minimum Gasteiger partial charge on any atom is -0.397 e. The second kappa shape index (κ2) is 5.46. The minimum absolute atomic E-state index is 0.0796. The zero-order chi connectivity index (χ0) is 13.1. The monoisotopic (exact) mass is 269 g/mol. The number of likely N-dealkylation sites (N-methyl/N-ethyl adjacent to an activating group) is 1. The first kappa shape index (κ1) is 13.0. The molecule has 3 N–H and O–H groups in total. The SMILES string of the molecule is CNC(=O)C1COCCN1c1ccc(Cl)cc1N. The number of nitrogen functional groups attached to an aromatic ring is 1. The second-order valence-corrected chi connectivity index (χ2v) is 4.54. The average molecular weight is 270 g/mol. The molecular weight excluding hydrogens is 254 g/mol. The number of morpholine rings is 1. The van der Waals surface area contributed by atoms with Gasteiger partial charge in [-0.1, -0.05) is 11.6 Å². The Morgan fingerprint density at radius 3 is 3.06 bits per heavy atom. The minimum atomic E-state index is -0.354. The summed E-state index contributed by atoms with van der Waals surface area (Å²) in [5, 5.41) is 3.22. The lowest BCUT2D eigenvalue weighted by Gasteiger charge is -2.36. The van der Waals surface area contributed by atoms with Crippen molar-refractivity contribution in [2.24, 2.45) is 0 Å². The topological polar surface area (TPSA) is 67.6 Å². The number of nitrogens with one attached hydrogen (secondary N) is 1. The number of carbonyl (C=O) groups is 1. The smallest absolute Gasteiger partial charge is 0.244 e. The van der Waals surface area contributed by atoms with Gasteiger partial charge < -0.3 is 20.7 Å². The summed E-state index contributed by atoms with van der Waals surface area (Å²) in [5.74, 6) is -0.0796. The zero-order valence-corrected chi connectivity index (χ0v) is 10.9. The first-order chi connectivity index (χ1) is 8.63. The Labute approximate surface area is 111 Å². The van der Waals surface area contributed by atoms with Gasteiger partial charge in [-0.2, -0.15) is 0 Å². The Bertz CT molecular complexity index is 453. The predicted octanol–water partition coefficient (Wildman–Crippen LogP) is 0.873. The van der Waals surface area contributed by atoms with E-state index in [0.717, 1.165) is 5.69 Å². The van der Waals surface area contributed by atoms with Crippen LogP contribution in [0, 0.1) is 0 Å². The normalized spacial score (nSPS) is 19.7. The van der Waals surface area contributed by atoms with Gasteiger partial charge in [0.05, 0.1) is 24.6 Å². The van der Waals surface area contributed by atoms with E-state index in [4.69, 9.17) is 22.1 Å². The van der Waals surface area contributed by atoms with Gasteiger partial charge in [0.1, 0.15) is 6.04 Å². The van der Waals surface area contributed by atoms with Crippen molar-refractivity contribution < 1.29 is 9.53 Å². The average Bonchev–Trinajstić information content (AvgIpc) is 2.38. The molecule has 1 aromatic rings. The lowest BCUT2D eigenvalue weighted by molar-refractivity contribution is -0.124.